The molecule has 0 atom stereocenters. The zero-order valence-corrected chi connectivity index (χ0v) is 10.4. The van der Waals surface area contributed by atoms with Gasteiger partial charge >= 0.3 is 17.9 Å². The molecule has 0 saturated carbocycles. The zero-order chi connectivity index (χ0) is 13.8. The first-order valence-electron chi connectivity index (χ1n) is 6.11. The highest BCUT2D eigenvalue weighted by molar-refractivity contribution is 5.75. The Balaban J connectivity index is 3.22. The molecule has 0 heterocycles. The number of carboxylic acid groups (broad SMARTS) is 2. The summed E-state index contributed by atoms with van der Waals surface area (Å²) in [5.41, 5.74) is 0. The molecule has 0 spiro atoms. The topological polar surface area (TPSA) is 101 Å². The molecule has 104 valence electrons. The SMILES string of the molecule is O=C(O)CCCCCCCCC(=O)OCC(=O)O. The number of aliphatic carboxylic acids is 2. The summed E-state index contributed by atoms with van der Waals surface area (Å²) in [5.74, 6) is -2.40. The minimum Gasteiger partial charge on any atom is -0.481 e. The van der Waals surface area contributed by atoms with E-state index in [0.717, 1.165) is 25.7 Å². The zero-order valence-electron chi connectivity index (χ0n) is 10.4. The van der Waals surface area contributed by atoms with Gasteiger partial charge in [-0.25, -0.2) is 4.79 Å². The molecule has 0 fully saturated rings. The lowest BCUT2D eigenvalue weighted by Crippen LogP contribution is -2.12. The van der Waals surface area contributed by atoms with Crippen molar-refractivity contribution in [2.45, 2.75) is 51.4 Å². The van der Waals surface area contributed by atoms with E-state index in [1.807, 2.05) is 0 Å². The van der Waals surface area contributed by atoms with Crippen molar-refractivity contribution in [3.8, 4) is 0 Å². The third-order valence-corrected chi connectivity index (χ3v) is 2.38. The number of carboxylic acids is 2. The molecule has 6 heteroatoms. The molecule has 2 N–H and O–H groups in total. The van der Waals surface area contributed by atoms with Crippen LogP contribution in [0.4, 0.5) is 0 Å². The summed E-state index contributed by atoms with van der Waals surface area (Å²) in [5, 5.41) is 16.7. The predicted molar refractivity (Wildman–Crippen MR) is 63.2 cm³/mol. The molecular weight excluding hydrogens is 240 g/mol. The van der Waals surface area contributed by atoms with Crippen molar-refractivity contribution < 1.29 is 29.3 Å². The summed E-state index contributed by atoms with van der Waals surface area (Å²) < 4.78 is 4.47. The Kier molecular flexibility index (Phi) is 9.62. The van der Waals surface area contributed by atoms with Crippen LogP contribution in [0.3, 0.4) is 0 Å². The van der Waals surface area contributed by atoms with E-state index in [-0.39, 0.29) is 12.8 Å². The molecule has 0 aliphatic rings. The van der Waals surface area contributed by atoms with Crippen LogP contribution >= 0.6 is 0 Å². The van der Waals surface area contributed by atoms with Gasteiger partial charge in [0, 0.05) is 12.8 Å². The van der Waals surface area contributed by atoms with Gasteiger partial charge in [0.1, 0.15) is 0 Å². The fraction of sp³-hybridized carbons (Fsp3) is 0.750. The third-order valence-electron chi connectivity index (χ3n) is 2.38. The first-order valence-corrected chi connectivity index (χ1v) is 6.11. The number of carbonyl (C=O) groups excluding carboxylic acids is 1. The van der Waals surface area contributed by atoms with Gasteiger partial charge in [0.25, 0.3) is 0 Å². The van der Waals surface area contributed by atoms with Crippen LogP contribution < -0.4 is 0 Å². The Morgan fingerprint density at radius 3 is 1.72 bits per heavy atom. The maximum Gasteiger partial charge on any atom is 0.341 e. The second-order valence-electron chi connectivity index (χ2n) is 4.07. The summed E-state index contributed by atoms with van der Waals surface area (Å²) in [7, 11) is 0. The molecule has 0 rings (SSSR count). The van der Waals surface area contributed by atoms with Crippen LogP contribution in [0.1, 0.15) is 51.4 Å². The van der Waals surface area contributed by atoms with Gasteiger partial charge in [-0.05, 0) is 12.8 Å². The minimum absolute atomic E-state index is 0.210. The summed E-state index contributed by atoms with van der Waals surface area (Å²) in [6.45, 7) is -0.575. The summed E-state index contributed by atoms with van der Waals surface area (Å²) in [6, 6.07) is 0. The number of carbonyl (C=O) groups is 3. The highest BCUT2D eigenvalue weighted by atomic mass is 16.5. The van der Waals surface area contributed by atoms with Gasteiger partial charge in [-0.15, -0.1) is 0 Å². The van der Waals surface area contributed by atoms with E-state index in [1.54, 1.807) is 0 Å². The molecule has 18 heavy (non-hydrogen) atoms. The number of hydrogen-bond donors (Lipinski definition) is 2. The second kappa shape index (κ2) is 10.6. The van der Waals surface area contributed by atoms with Crippen molar-refractivity contribution in [3.63, 3.8) is 0 Å². The number of hydrogen-bond acceptors (Lipinski definition) is 4. The van der Waals surface area contributed by atoms with Gasteiger partial charge < -0.3 is 14.9 Å². The maximum atomic E-state index is 11.0. The van der Waals surface area contributed by atoms with Crippen molar-refractivity contribution >= 4 is 17.9 Å². The van der Waals surface area contributed by atoms with Gasteiger partial charge in [-0.3, -0.25) is 9.59 Å². The van der Waals surface area contributed by atoms with E-state index in [4.69, 9.17) is 10.2 Å². The van der Waals surface area contributed by atoms with E-state index in [9.17, 15) is 14.4 Å². The fourth-order valence-electron chi connectivity index (χ4n) is 1.47. The molecule has 0 unspecified atom stereocenters. The smallest absolute Gasteiger partial charge is 0.341 e. The van der Waals surface area contributed by atoms with E-state index < -0.39 is 24.5 Å². The van der Waals surface area contributed by atoms with Crippen molar-refractivity contribution in [1.29, 1.82) is 0 Å². The van der Waals surface area contributed by atoms with E-state index in [1.165, 1.54) is 0 Å². The Hall–Kier alpha value is -1.59. The molecule has 0 radical (unpaired) electrons. The monoisotopic (exact) mass is 260 g/mol. The highest BCUT2D eigenvalue weighted by Gasteiger charge is 2.05. The average Bonchev–Trinajstić information content (AvgIpc) is 2.29. The van der Waals surface area contributed by atoms with Gasteiger partial charge in [0.15, 0.2) is 6.61 Å². The average molecular weight is 260 g/mol. The Labute approximate surface area is 106 Å². The number of ether oxygens (including phenoxy) is 1. The van der Waals surface area contributed by atoms with Crippen LogP contribution in [-0.2, 0) is 19.1 Å². The Bertz CT molecular complexity index is 274. The molecule has 0 amide bonds. The molecule has 0 aromatic heterocycles. The van der Waals surface area contributed by atoms with Crippen LogP contribution in [0.25, 0.3) is 0 Å². The fourth-order valence-corrected chi connectivity index (χ4v) is 1.47. The van der Waals surface area contributed by atoms with Gasteiger partial charge in [0.05, 0.1) is 0 Å². The maximum absolute atomic E-state index is 11.0. The van der Waals surface area contributed by atoms with Crippen LogP contribution in [-0.4, -0.2) is 34.7 Å². The molecule has 0 bridgehead atoms. The second-order valence-corrected chi connectivity index (χ2v) is 4.07. The molecule has 0 aromatic rings. The summed E-state index contributed by atoms with van der Waals surface area (Å²) in [6.07, 6.45) is 5.48. The first kappa shape index (κ1) is 16.4. The molecule has 6 nitrogen and oxygen atoms in total. The van der Waals surface area contributed by atoms with E-state index in [0.29, 0.717) is 12.8 Å². The predicted octanol–water partition coefficient (Wildman–Crippen LogP) is 1.82. The largest absolute Gasteiger partial charge is 0.481 e. The van der Waals surface area contributed by atoms with Gasteiger partial charge in [-0.2, -0.15) is 0 Å². The Morgan fingerprint density at radius 1 is 0.722 bits per heavy atom. The van der Waals surface area contributed by atoms with Gasteiger partial charge in [0.2, 0.25) is 0 Å². The summed E-state index contributed by atoms with van der Waals surface area (Å²) >= 11 is 0. The van der Waals surface area contributed by atoms with Crippen molar-refractivity contribution in [1.82, 2.24) is 0 Å². The normalized spacial score (nSPS) is 10.0. The number of rotatable bonds is 11. The van der Waals surface area contributed by atoms with E-state index >= 15 is 0 Å². The molecule has 0 aliphatic heterocycles. The lowest BCUT2D eigenvalue weighted by Gasteiger charge is -2.02. The van der Waals surface area contributed by atoms with Crippen molar-refractivity contribution in [3.05, 3.63) is 0 Å². The number of esters is 1. The number of unbranched alkanes of at least 4 members (excludes halogenated alkanes) is 5. The standard InChI is InChI=1S/C12H20O6/c13-10(14)7-5-3-1-2-4-6-8-12(17)18-9-11(15)16/h1-9H2,(H,13,14)(H,15,16). The van der Waals surface area contributed by atoms with Crippen molar-refractivity contribution in [2.24, 2.45) is 0 Å². The Morgan fingerprint density at radius 2 is 1.22 bits per heavy atom. The lowest BCUT2D eigenvalue weighted by atomic mass is 10.1. The lowest BCUT2D eigenvalue weighted by molar-refractivity contribution is -0.155. The summed E-state index contributed by atoms with van der Waals surface area (Å²) in [4.78, 5) is 31.3. The first-order chi connectivity index (χ1) is 8.52. The van der Waals surface area contributed by atoms with Crippen molar-refractivity contribution in [2.75, 3.05) is 6.61 Å². The van der Waals surface area contributed by atoms with Crippen LogP contribution in [0.2, 0.25) is 0 Å². The van der Waals surface area contributed by atoms with Crippen LogP contribution in [0, 0.1) is 0 Å². The molecule has 0 aromatic carbocycles. The van der Waals surface area contributed by atoms with E-state index in [2.05, 4.69) is 4.74 Å². The van der Waals surface area contributed by atoms with Crippen LogP contribution in [0.5, 0.6) is 0 Å². The van der Waals surface area contributed by atoms with Gasteiger partial charge in [-0.1, -0.05) is 25.7 Å². The molecule has 0 aliphatic carbocycles. The minimum atomic E-state index is -1.15. The van der Waals surface area contributed by atoms with Crippen LogP contribution in [0.15, 0.2) is 0 Å². The molecule has 0 saturated heterocycles. The third kappa shape index (κ3) is 12.5. The quantitative estimate of drug-likeness (QED) is 0.434. The molecular formula is C12H20O6. The highest BCUT2D eigenvalue weighted by Crippen LogP contribution is 2.09.